The van der Waals surface area contributed by atoms with Crippen LogP contribution in [0.1, 0.15) is 85.5 Å². The maximum Gasteiger partial charge on any atom is 0.306 e. The fraction of sp³-hybridized carbons (Fsp3) is 0.769. The van der Waals surface area contributed by atoms with E-state index in [1.807, 2.05) is 13.8 Å². The standard InChI is InChI=1S/C39H57NO9/c1-8-25-10-9-11-33(49-36-15-14-32(40(5)6)23(4)46-36)22(3)37(42)31-19-29-27(30(31)20-35(41)47-25)13-12-24-17-26(18-28(24)29)48-39-38(43)34(44-7)16-21(2)45-39/h12-13,16,19,21-30,32-33,36,39H,8-11,14-15,17-18,20H2,1-7H3/t21-,22-,23+,24+,25+,26+,27+,28+,29+,30-,32-,33-,36-,39-/m0/s1. The van der Waals surface area contributed by atoms with E-state index in [0.29, 0.717) is 12.5 Å². The average Bonchev–Trinajstić information content (AvgIpc) is 3.64. The van der Waals surface area contributed by atoms with Crippen LogP contribution in [0.5, 0.6) is 0 Å². The van der Waals surface area contributed by atoms with Crippen molar-refractivity contribution in [1.29, 1.82) is 0 Å². The van der Waals surface area contributed by atoms with Crippen molar-refractivity contribution in [2.75, 3.05) is 21.2 Å². The molecule has 3 heterocycles. The van der Waals surface area contributed by atoms with E-state index >= 15 is 0 Å². The number of cyclic esters (lactones) is 1. The van der Waals surface area contributed by atoms with Crippen LogP contribution in [-0.4, -0.2) is 92.8 Å². The normalized spacial score (nSPS) is 43.1. The van der Waals surface area contributed by atoms with Crippen molar-refractivity contribution in [3.8, 4) is 0 Å². The lowest BCUT2D eigenvalue weighted by atomic mass is 9.70. The van der Waals surface area contributed by atoms with Gasteiger partial charge in [0.15, 0.2) is 17.8 Å². The van der Waals surface area contributed by atoms with Gasteiger partial charge in [0.2, 0.25) is 6.29 Å². The molecule has 3 fully saturated rings. The van der Waals surface area contributed by atoms with Gasteiger partial charge in [-0.3, -0.25) is 14.4 Å². The van der Waals surface area contributed by atoms with Crippen LogP contribution in [0.25, 0.3) is 0 Å². The predicted molar refractivity (Wildman–Crippen MR) is 182 cm³/mol. The predicted octanol–water partition coefficient (Wildman–Crippen LogP) is 5.54. The van der Waals surface area contributed by atoms with E-state index < -0.39 is 6.29 Å². The quantitative estimate of drug-likeness (QED) is 0.251. The summed E-state index contributed by atoms with van der Waals surface area (Å²) < 4.78 is 36.5. The number of allylic oxidation sites excluding steroid dienone is 4. The van der Waals surface area contributed by atoms with Gasteiger partial charge < -0.3 is 33.3 Å². The molecule has 0 amide bonds. The number of hydrogen-bond acceptors (Lipinski definition) is 10. The molecule has 3 aliphatic carbocycles. The smallest absolute Gasteiger partial charge is 0.306 e. The summed E-state index contributed by atoms with van der Waals surface area (Å²) in [6.45, 7) is 8.01. The molecule has 0 N–H and O–H groups in total. The number of nitrogens with zero attached hydrogens (tertiary/aromatic N) is 1. The first kappa shape index (κ1) is 36.4. The van der Waals surface area contributed by atoms with Crippen LogP contribution in [-0.2, 0) is 42.8 Å². The number of Topliss-reactive ketones (excluding diaryl/α,β-unsaturated/α-hetero) is 2. The van der Waals surface area contributed by atoms with E-state index in [1.165, 1.54) is 7.11 Å². The molecule has 49 heavy (non-hydrogen) atoms. The highest BCUT2D eigenvalue weighted by atomic mass is 16.7. The van der Waals surface area contributed by atoms with Crippen molar-refractivity contribution < 1.29 is 42.8 Å². The zero-order valence-corrected chi connectivity index (χ0v) is 30.4. The summed E-state index contributed by atoms with van der Waals surface area (Å²) in [7, 11) is 5.65. The molecule has 6 rings (SSSR count). The minimum Gasteiger partial charge on any atom is -0.493 e. The zero-order valence-electron chi connectivity index (χ0n) is 30.4. The molecule has 2 saturated heterocycles. The van der Waals surface area contributed by atoms with Gasteiger partial charge in [0, 0.05) is 17.9 Å². The molecule has 0 bridgehead atoms. The molecule has 0 aromatic heterocycles. The van der Waals surface area contributed by atoms with Crippen LogP contribution in [0.4, 0.5) is 0 Å². The Balaban J connectivity index is 1.21. The molecule has 272 valence electrons. The van der Waals surface area contributed by atoms with Gasteiger partial charge in [0.1, 0.15) is 6.10 Å². The second-order valence-electron chi connectivity index (χ2n) is 15.5. The molecule has 0 unspecified atom stereocenters. The Morgan fingerprint density at radius 1 is 0.898 bits per heavy atom. The lowest BCUT2D eigenvalue weighted by molar-refractivity contribution is -0.231. The van der Waals surface area contributed by atoms with Gasteiger partial charge in [-0.15, -0.1) is 0 Å². The maximum atomic E-state index is 14.5. The Morgan fingerprint density at radius 3 is 2.41 bits per heavy atom. The molecule has 0 aromatic rings. The van der Waals surface area contributed by atoms with Gasteiger partial charge in [-0.05, 0) is 115 Å². The Bertz CT molecular complexity index is 1320. The minimum absolute atomic E-state index is 0.0159. The molecular formula is C39H57NO9. The zero-order chi connectivity index (χ0) is 35.0. The summed E-state index contributed by atoms with van der Waals surface area (Å²) in [5.41, 5.74) is 0.733. The van der Waals surface area contributed by atoms with Crippen molar-refractivity contribution in [3.05, 3.63) is 35.6 Å². The Morgan fingerprint density at radius 2 is 1.69 bits per heavy atom. The number of ketones is 2. The number of rotatable bonds is 7. The SMILES string of the molecule is CC[C@@H]1CCC[C@H](O[C@H]2CC[C@H](N(C)C)[C@@H](C)O2)[C@H](C)C(=O)C2=C[C@@H]3[C@@H](C=C[C@@H]4C[C@@H](O[C@@H]5O[C@@H](C)C=C(OC)C5=O)C[C@@H]34)[C@@H]2CC(=O)O1. The van der Waals surface area contributed by atoms with Gasteiger partial charge in [0.25, 0.3) is 5.78 Å². The highest BCUT2D eigenvalue weighted by molar-refractivity contribution is 5.99. The Kier molecular flexibility index (Phi) is 11.5. The van der Waals surface area contributed by atoms with Crippen molar-refractivity contribution in [1.82, 2.24) is 4.90 Å². The fourth-order valence-corrected chi connectivity index (χ4v) is 9.43. The summed E-state index contributed by atoms with van der Waals surface area (Å²) in [5, 5.41) is 0. The molecule has 1 saturated carbocycles. The molecule has 14 atom stereocenters. The summed E-state index contributed by atoms with van der Waals surface area (Å²) in [6, 6.07) is 0.333. The average molecular weight is 684 g/mol. The fourth-order valence-electron chi connectivity index (χ4n) is 9.43. The monoisotopic (exact) mass is 683 g/mol. The van der Waals surface area contributed by atoms with E-state index in [9.17, 15) is 14.4 Å². The third kappa shape index (κ3) is 7.78. The van der Waals surface area contributed by atoms with Gasteiger partial charge in [0.05, 0.1) is 37.9 Å². The molecule has 3 aliphatic heterocycles. The van der Waals surface area contributed by atoms with Crippen LogP contribution in [0.3, 0.4) is 0 Å². The van der Waals surface area contributed by atoms with Gasteiger partial charge in [-0.25, -0.2) is 0 Å². The molecule has 10 heteroatoms. The largest absolute Gasteiger partial charge is 0.493 e. The number of esters is 1. The number of fused-ring (bicyclic) bond motifs is 5. The maximum absolute atomic E-state index is 14.5. The van der Waals surface area contributed by atoms with Crippen LogP contribution in [0, 0.1) is 35.5 Å². The van der Waals surface area contributed by atoms with Crippen LogP contribution in [0.15, 0.2) is 35.6 Å². The van der Waals surface area contributed by atoms with Crippen LogP contribution in [0.2, 0.25) is 0 Å². The Hall–Kier alpha value is -2.37. The second-order valence-corrected chi connectivity index (χ2v) is 15.5. The lowest BCUT2D eigenvalue weighted by Gasteiger charge is -2.40. The lowest BCUT2D eigenvalue weighted by Crippen LogP contribution is -2.47. The first-order chi connectivity index (χ1) is 23.5. The molecule has 10 nitrogen and oxygen atoms in total. The van der Waals surface area contributed by atoms with Gasteiger partial charge >= 0.3 is 5.97 Å². The second kappa shape index (κ2) is 15.5. The summed E-state index contributed by atoms with van der Waals surface area (Å²) in [4.78, 5) is 43.1. The minimum atomic E-state index is -0.998. The van der Waals surface area contributed by atoms with Crippen LogP contribution >= 0.6 is 0 Å². The molecular weight excluding hydrogens is 626 g/mol. The molecule has 0 spiro atoms. The Labute approximate surface area is 291 Å². The highest BCUT2D eigenvalue weighted by Crippen LogP contribution is 2.54. The number of carbonyl (C=O) groups is 3. The molecule has 0 radical (unpaired) electrons. The van der Waals surface area contributed by atoms with E-state index in [1.54, 1.807) is 6.08 Å². The molecule has 6 aliphatic rings. The number of likely N-dealkylation sites (N-methyl/N-ethyl adjacent to an activating group) is 1. The number of carbonyl (C=O) groups excluding carboxylic acids is 3. The summed E-state index contributed by atoms with van der Waals surface area (Å²) in [6.07, 6.45) is 12.5. The van der Waals surface area contributed by atoms with Crippen molar-refractivity contribution in [3.63, 3.8) is 0 Å². The first-order valence-corrected chi connectivity index (χ1v) is 18.7. The number of hydrogen-bond donors (Lipinski definition) is 0. The van der Waals surface area contributed by atoms with Gasteiger partial charge in [-0.2, -0.15) is 0 Å². The topological polar surface area (TPSA) is 110 Å². The highest BCUT2D eigenvalue weighted by Gasteiger charge is 2.51. The van der Waals surface area contributed by atoms with E-state index in [4.69, 9.17) is 28.4 Å². The third-order valence-electron chi connectivity index (χ3n) is 12.1. The first-order valence-electron chi connectivity index (χ1n) is 18.7. The number of methoxy groups -OCH3 is 1. The van der Waals surface area contributed by atoms with Gasteiger partial charge in [-0.1, -0.05) is 32.1 Å². The summed E-state index contributed by atoms with van der Waals surface area (Å²) in [5.74, 6) is -0.271. The molecule has 0 aromatic carbocycles. The van der Waals surface area contributed by atoms with E-state index in [0.717, 1.165) is 50.5 Å². The number of ether oxygens (including phenoxy) is 6. The van der Waals surface area contributed by atoms with Crippen molar-refractivity contribution in [2.24, 2.45) is 35.5 Å². The third-order valence-corrected chi connectivity index (χ3v) is 12.1. The van der Waals surface area contributed by atoms with E-state index in [2.05, 4.69) is 51.1 Å². The van der Waals surface area contributed by atoms with Crippen molar-refractivity contribution in [2.45, 2.75) is 135 Å². The van der Waals surface area contributed by atoms with E-state index in [-0.39, 0.29) is 102 Å². The summed E-state index contributed by atoms with van der Waals surface area (Å²) >= 11 is 0. The van der Waals surface area contributed by atoms with Crippen molar-refractivity contribution >= 4 is 17.5 Å². The van der Waals surface area contributed by atoms with Crippen LogP contribution < -0.4 is 0 Å².